The van der Waals surface area contributed by atoms with Gasteiger partial charge in [-0.3, -0.25) is 4.79 Å². The van der Waals surface area contributed by atoms with Gasteiger partial charge in [0.05, 0.1) is 6.16 Å². The SMILES string of the molecule is O=C(CCc1ccc(O)c(O)c1)NCCCCCCCCCC[P+](c1ccccc1)(c1ccccc1)c1ccccc1. The molecule has 0 saturated carbocycles. The zero-order valence-corrected chi connectivity index (χ0v) is 25.5. The smallest absolute Gasteiger partial charge is 0.220 e. The normalized spacial score (nSPS) is 11.3. The van der Waals surface area contributed by atoms with Crippen molar-refractivity contribution in [2.24, 2.45) is 0 Å². The highest BCUT2D eigenvalue weighted by Gasteiger charge is 2.44. The minimum absolute atomic E-state index is 0.0305. The molecule has 0 radical (unpaired) electrons. The lowest BCUT2D eigenvalue weighted by atomic mass is 10.1. The van der Waals surface area contributed by atoms with Crippen LogP contribution in [-0.2, 0) is 11.2 Å². The molecule has 0 aliphatic heterocycles. The van der Waals surface area contributed by atoms with Crippen molar-refractivity contribution in [1.82, 2.24) is 5.32 Å². The summed E-state index contributed by atoms with van der Waals surface area (Å²) in [5, 5.41) is 26.4. The van der Waals surface area contributed by atoms with Gasteiger partial charge in [0.15, 0.2) is 11.5 Å². The first-order chi connectivity index (χ1) is 20.6. The Morgan fingerprint density at radius 3 is 1.55 bits per heavy atom. The third kappa shape index (κ3) is 8.94. The lowest BCUT2D eigenvalue weighted by molar-refractivity contribution is -0.121. The summed E-state index contributed by atoms with van der Waals surface area (Å²) in [6, 6.07) is 38.2. The highest BCUT2D eigenvalue weighted by Crippen LogP contribution is 2.56. The minimum Gasteiger partial charge on any atom is -0.504 e. The van der Waals surface area contributed by atoms with Gasteiger partial charge in [0.1, 0.15) is 23.2 Å². The van der Waals surface area contributed by atoms with Crippen molar-refractivity contribution in [2.75, 3.05) is 12.7 Å². The van der Waals surface area contributed by atoms with Crippen LogP contribution in [0.25, 0.3) is 0 Å². The molecule has 4 aromatic rings. The number of aromatic hydroxyl groups is 2. The van der Waals surface area contributed by atoms with E-state index in [4.69, 9.17) is 0 Å². The molecule has 220 valence electrons. The number of carbonyl (C=O) groups is 1. The molecular weight excluding hydrogens is 537 g/mol. The Kier molecular flexibility index (Phi) is 12.5. The molecule has 0 heterocycles. The Balaban J connectivity index is 1.15. The number of amides is 1. The number of hydrogen-bond donors (Lipinski definition) is 3. The fraction of sp³-hybridized carbons (Fsp3) is 0.324. The summed E-state index contributed by atoms with van der Waals surface area (Å²) in [5.41, 5.74) is 0.841. The van der Waals surface area contributed by atoms with E-state index < -0.39 is 7.26 Å². The van der Waals surface area contributed by atoms with E-state index in [9.17, 15) is 15.0 Å². The number of phenols is 2. The van der Waals surface area contributed by atoms with Crippen LogP contribution in [0.15, 0.2) is 109 Å². The maximum Gasteiger partial charge on any atom is 0.220 e. The Labute approximate surface area is 252 Å². The summed E-state index contributed by atoms with van der Waals surface area (Å²) in [4.78, 5) is 12.1. The number of phenolic OH excluding ortho intramolecular Hbond substituents is 2. The topological polar surface area (TPSA) is 69.6 Å². The van der Waals surface area contributed by atoms with Gasteiger partial charge >= 0.3 is 0 Å². The van der Waals surface area contributed by atoms with Crippen molar-refractivity contribution in [3.63, 3.8) is 0 Å². The molecule has 0 spiro atoms. The molecule has 1 amide bonds. The highest BCUT2D eigenvalue weighted by molar-refractivity contribution is 7.95. The zero-order chi connectivity index (χ0) is 29.5. The average molecular weight is 583 g/mol. The van der Waals surface area contributed by atoms with Crippen LogP contribution in [0.1, 0.15) is 63.4 Å². The van der Waals surface area contributed by atoms with Crippen LogP contribution in [0.5, 0.6) is 11.5 Å². The predicted octanol–water partition coefficient (Wildman–Crippen LogP) is 7.26. The van der Waals surface area contributed by atoms with Crippen molar-refractivity contribution < 1.29 is 15.0 Å². The fourth-order valence-electron chi connectivity index (χ4n) is 5.72. The second-order valence-electron chi connectivity index (χ2n) is 11.0. The summed E-state index contributed by atoms with van der Waals surface area (Å²) in [5.74, 6) is -0.252. The van der Waals surface area contributed by atoms with Gasteiger partial charge in [-0.05, 0) is 79.8 Å². The van der Waals surface area contributed by atoms with Gasteiger partial charge in [-0.15, -0.1) is 0 Å². The Bertz CT molecular complexity index is 1250. The van der Waals surface area contributed by atoms with Crippen molar-refractivity contribution >= 4 is 29.1 Å². The number of unbranched alkanes of at least 4 members (excludes halogenated alkanes) is 7. The van der Waals surface area contributed by atoms with Crippen molar-refractivity contribution in [2.45, 2.75) is 64.2 Å². The van der Waals surface area contributed by atoms with Gasteiger partial charge in [0.2, 0.25) is 5.91 Å². The summed E-state index contributed by atoms with van der Waals surface area (Å²) < 4.78 is 0. The Morgan fingerprint density at radius 2 is 1.05 bits per heavy atom. The van der Waals surface area contributed by atoms with Gasteiger partial charge in [0.25, 0.3) is 0 Å². The third-order valence-electron chi connectivity index (χ3n) is 8.01. The largest absolute Gasteiger partial charge is 0.504 e. The second-order valence-corrected chi connectivity index (χ2v) is 14.7. The van der Waals surface area contributed by atoms with Crippen molar-refractivity contribution in [1.29, 1.82) is 0 Å². The van der Waals surface area contributed by atoms with E-state index in [1.165, 1.54) is 72.7 Å². The van der Waals surface area contributed by atoms with Crippen LogP contribution in [0.2, 0.25) is 0 Å². The van der Waals surface area contributed by atoms with Gasteiger partial charge in [-0.1, -0.05) is 92.8 Å². The van der Waals surface area contributed by atoms with Crippen LogP contribution in [0, 0.1) is 0 Å². The highest BCUT2D eigenvalue weighted by atomic mass is 31.2. The van der Waals surface area contributed by atoms with Gasteiger partial charge in [0, 0.05) is 13.0 Å². The Hall–Kier alpha value is -3.62. The van der Waals surface area contributed by atoms with E-state index in [0.717, 1.165) is 18.4 Å². The van der Waals surface area contributed by atoms with Gasteiger partial charge in [-0.2, -0.15) is 0 Å². The number of nitrogens with one attached hydrogen (secondary N) is 1. The molecule has 4 nitrogen and oxygen atoms in total. The zero-order valence-electron chi connectivity index (χ0n) is 24.6. The van der Waals surface area contributed by atoms with Crippen molar-refractivity contribution in [3.8, 4) is 11.5 Å². The minimum atomic E-state index is -1.72. The van der Waals surface area contributed by atoms with E-state index in [0.29, 0.717) is 19.4 Å². The van der Waals surface area contributed by atoms with E-state index in [1.54, 1.807) is 6.07 Å². The molecule has 0 saturated heterocycles. The lowest BCUT2D eigenvalue weighted by Gasteiger charge is -2.27. The number of aryl methyl sites for hydroxylation is 1. The molecule has 0 bridgehead atoms. The summed E-state index contributed by atoms with van der Waals surface area (Å²) in [6.07, 6.45) is 11.7. The molecule has 3 N–H and O–H groups in total. The van der Waals surface area contributed by atoms with Crippen LogP contribution in [0.4, 0.5) is 0 Å². The maximum atomic E-state index is 12.1. The summed E-state index contributed by atoms with van der Waals surface area (Å²) in [7, 11) is -1.72. The first-order valence-corrected chi connectivity index (χ1v) is 17.4. The number of benzene rings is 4. The monoisotopic (exact) mass is 582 g/mol. The standard InChI is InChI=1S/C37H44NO3P/c39-35-26-24-31(30-36(35)40)25-27-37(41)38-28-16-5-3-1-2-4-6-17-29-42(32-18-10-7-11-19-32,33-20-12-8-13-21-33)34-22-14-9-15-23-34/h7-15,18-24,26,30H,1-6,16-17,25,27-29H2,(H2-,38,39,40,41)/p+1. The fourth-order valence-corrected chi connectivity index (χ4v) is 10.1. The molecule has 4 rings (SSSR count). The number of carbonyl (C=O) groups excluding carboxylic acids is 1. The van der Waals surface area contributed by atoms with Crippen LogP contribution in [0.3, 0.4) is 0 Å². The van der Waals surface area contributed by atoms with Gasteiger partial charge < -0.3 is 15.5 Å². The van der Waals surface area contributed by atoms with Crippen molar-refractivity contribution in [3.05, 3.63) is 115 Å². The Morgan fingerprint density at radius 1 is 0.571 bits per heavy atom. The second kappa shape index (κ2) is 16.7. The van der Waals surface area contributed by atoms with E-state index in [-0.39, 0.29) is 17.4 Å². The van der Waals surface area contributed by atoms with Crippen LogP contribution >= 0.6 is 7.26 Å². The summed E-state index contributed by atoms with van der Waals surface area (Å²) >= 11 is 0. The number of rotatable bonds is 17. The quantitative estimate of drug-likeness (QED) is 0.0697. The molecule has 0 fully saturated rings. The molecule has 0 unspecified atom stereocenters. The molecule has 5 heteroatoms. The molecular formula is C37H45NO3P+. The lowest BCUT2D eigenvalue weighted by Crippen LogP contribution is -2.33. The van der Waals surface area contributed by atoms with Crippen LogP contribution < -0.4 is 21.2 Å². The number of hydrogen-bond acceptors (Lipinski definition) is 3. The van der Waals surface area contributed by atoms with E-state index in [2.05, 4.69) is 96.3 Å². The maximum absolute atomic E-state index is 12.1. The molecule has 0 atom stereocenters. The van der Waals surface area contributed by atoms with Crippen LogP contribution in [-0.4, -0.2) is 28.8 Å². The van der Waals surface area contributed by atoms with E-state index >= 15 is 0 Å². The summed E-state index contributed by atoms with van der Waals surface area (Å²) in [6.45, 7) is 0.712. The molecule has 0 aliphatic carbocycles. The van der Waals surface area contributed by atoms with E-state index in [1.807, 2.05) is 0 Å². The predicted molar refractivity (Wildman–Crippen MR) is 178 cm³/mol. The molecule has 0 aliphatic rings. The molecule has 42 heavy (non-hydrogen) atoms. The first-order valence-electron chi connectivity index (χ1n) is 15.4. The molecule has 0 aromatic heterocycles. The third-order valence-corrected chi connectivity index (χ3v) is 12.5. The first kappa shape index (κ1) is 31.3. The molecule has 4 aromatic carbocycles. The van der Waals surface area contributed by atoms with Gasteiger partial charge in [-0.25, -0.2) is 0 Å². The average Bonchev–Trinajstić information content (AvgIpc) is 3.03.